The van der Waals surface area contributed by atoms with Crippen LogP contribution in [0.1, 0.15) is 25.8 Å². The van der Waals surface area contributed by atoms with E-state index in [4.69, 9.17) is 5.84 Å². The van der Waals surface area contributed by atoms with Gasteiger partial charge in [-0.15, -0.1) is 0 Å². The van der Waals surface area contributed by atoms with Crippen molar-refractivity contribution in [2.75, 3.05) is 5.75 Å². The van der Waals surface area contributed by atoms with Gasteiger partial charge in [0.05, 0.1) is 6.20 Å². The second-order valence-electron chi connectivity index (χ2n) is 4.31. The highest BCUT2D eigenvalue weighted by Crippen LogP contribution is 2.13. The minimum atomic E-state index is 0.382. The molecule has 1 aromatic rings. The van der Waals surface area contributed by atoms with Crippen LogP contribution in [0.25, 0.3) is 0 Å². The molecule has 0 aromatic carbocycles. The highest BCUT2D eigenvalue weighted by atomic mass is 32.2. The molecule has 1 aromatic heterocycles. The van der Waals surface area contributed by atoms with E-state index >= 15 is 0 Å². The number of aromatic nitrogens is 2. The van der Waals surface area contributed by atoms with Crippen LogP contribution in [0, 0.1) is 0 Å². The van der Waals surface area contributed by atoms with Gasteiger partial charge >= 0.3 is 0 Å². The van der Waals surface area contributed by atoms with Crippen LogP contribution in [0.4, 0.5) is 0 Å². The molecule has 16 heavy (non-hydrogen) atoms. The lowest BCUT2D eigenvalue weighted by Crippen LogP contribution is -2.37. The van der Waals surface area contributed by atoms with Gasteiger partial charge in [0.25, 0.3) is 0 Å². The Labute approximate surface area is 102 Å². The summed E-state index contributed by atoms with van der Waals surface area (Å²) < 4.78 is 1.84. The Morgan fingerprint density at radius 1 is 1.56 bits per heavy atom. The van der Waals surface area contributed by atoms with Crippen LogP contribution in [-0.4, -0.2) is 26.8 Å². The van der Waals surface area contributed by atoms with Gasteiger partial charge < -0.3 is 0 Å². The van der Waals surface area contributed by atoms with Gasteiger partial charge in [-0.2, -0.15) is 16.9 Å². The monoisotopic (exact) mass is 242 g/mol. The highest BCUT2D eigenvalue weighted by molar-refractivity contribution is 7.99. The van der Waals surface area contributed by atoms with E-state index in [-0.39, 0.29) is 0 Å². The first-order valence-corrected chi connectivity index (χ1v) is 6.72. The summed E-state index contributed by atoms with van der Waals surface area (Å²) in [6, 6.07) is 0.382. The largest absolute Gasteiger partial charge is 0.276 e. The van der Waals surface area contributed by atoms with Crippen LogP contribution in [0.5, 0.6) is 0 Å². The Hall–Kier alpha value is -0.520. The first-order chi connectivity index (χ1) is 7.61. The maximum absolute atomic E-state index is 5.54. The molecule has 0 saturated carbocycles. The molecule has 0 saturated heterocycles. The third-order valence-electron chi connectivity index (χ3n) is 2.41. The number of nitrogens with one attached hydrogen (secondary N) is 1. The van der Waals surface area contributed by atoms with E-state index < -0.39 is 0 Å². The average molecular weight is 242 g/mol. The molecule has 0 aliphatic heterocycles. The van der Waals surface area contributed by atoms with Crippen molar-refractivity contribution in [1.82, 2.24) is 15.2 Å². The Bertz CT molecular complexity index is 298. The predicted molar refractivity (Wildman–Crippen MR) is 70.2 cm³/mol. The van der Waals surface area contributed by atoms with E-state index in [0.717, 1.165) is 18.6 Å². The second-order valence-corrected chi connectivity index (χ2v) is 5.92. The number of hydrazine groups is 1. The van der Waals surface area contributed by atoms with Crippen LogP contribution in [0.15, 0.2) is 12.4 Å². The Balaban J connectivity index is 2.28. The van der Waals surface area contributed by atoms with Gasteiger partial charge in [-0.1, -0.05) is 13.8 Å². The van der Waals surface area contributed by atoms with E-state index in [9.17, 15) is 0 Å². The molecule has 1 atom stereocenters. The number of thioether (sulfide) groups is 1. The number of aryl methyl sites for hydroxylation is 2. The molecule has 1 rings (SSSR count). The van der Waals surface area contributed by atoms with Gasteiger partial charge in [0.1, 0.15) is 0 Å². The zero-order chi connectivity index (χ0) is 12.0. The highest BCUT2D eigenvalue weighted by Gasteiger charge is 2.08. The molecule has 0 fully saturated rings. The Morgan fingerprint density at radius 2 is 2.31 bits per heavy atom. The Morgan fingerprint density at radius 3 is 2.81 bits per heavy atom. The standard InChI is InChI=1S/C11H22N4S/c1-9(2)16-8-11(14-12)5-4-10-6-13-15(3)7-10/h6-7,9,11,14H,4-5,8,12H2,1-3H3. The molecular weight excluding hydrogens is 220 g/mol. The zero-order valence-electron chi connectivity index (χ0n) is 10.3. The third kappa shape index (κ3) is 5.01. The molecular formula is C11H22N4S. The maximum Gasteiger partial charge on any atom is 0.0521 e. The normalized spacial score (nSPS) is 13.3. The van der Waals surface area contributed by atoms with Gasteiger partial charge in [-0.05, 0) is 23.7 Å². The van der Waals surface area contributed by atoms with Crippen LogP contribution >= 0.6 is 11.8 Å². The fourth-order valence-corrected chi connectivity index (χ4v) is 2.35. The van der Waals surface area contributed by atoms with E-state index in [1.54, 1.807) is 0 Å². The quantitative estimate of drug-likeness (QED) is 0.559. The molecule has 4 nitrogen and oxygen atoms in total. The van der Waals surface area contributed by atoms with Crippen LogP contribution in [-0.2, 0) is 13.5 Å². The lowest BCUT2D eigenvalue weighted by atomic mass is 10.1. The summed E-state index contributed by atoms with van der Waals surface area (Å²) in [7, 11) is 1.94. The van der Waals surface area contributed by atoms with Gasteiger partial charge in [0.15, 0.2) is 0 Å². The lowest BCUT2D eigenvalue weighted by molar-refractivity contribution is 0.538. The molecule has 0 aliphatic carbocycles. The summed E-state index contributed by atoms with van der Waals surface area (Å²) in [5, 5.41) is 4.82. The first kappa shape index (κ1) is 13.5. The first-order valence-electron chi connectivity index (χ1n) is 5.67. The molecule has 0 bridgehead atoms. The SMILES string of the molecule is CC(C)SCC(CCc1cnn(C)c1)NN. The molecule has 0 radical (unpaired) electrons. The molecule has 0 amide bonds. The minimum absolute atomic E-state index is 0.382. The van der Waals surface area contributed by atoms with Gasteiger partial charge in [-0.3, -0.25) is 16.0 Å². The topological polar surface area (TPSA) is 55.9 Å². The lowest BCUT2D eigenvalue weighted by Gasteiger charge is -2.16. The molecule has 5 heteroatoms. The van der Waals surface area contributed by atoms with Crippen LogP contribution in [0.2, 0.25) is 0 Å². The predicted octanol–water partition coefficient (Wildman–Crippen LogP) is 1.33. The fourth-order valence-electron chi connectivity index (χ4n) is 1.47. The van der Waals surface area contributed by atoms with E-state index in [0.29, 0.717) is 11.3 Å². The molecule has 1 heterocycles. The second kappa shape index (κ2) is 6.93. The summed E-state index contributed by atoms with van der Waals surface area (Å²) in [6.45, 7) is 4.42. The van der Waals surface area contributed by atoms with Crippen molar-refractivity contribution in [2.45, 2.75) is 38.0 Å². The summed E-state index contributed by atoms with van der Waals surface area (Å²) >= 11 is 1.94. The van der Waals surface area contributed by atoms with Gasteiger partial charge in [0, 0.05) is 25.0 Å². The molecule has 0 spiro atoms. The summed E-state index contributed by atoms with van der Waals surface area (Å²) in [6.07, 6.45) is 6.07. The maximum atomic E-state index is 5.54. The number of hydrogen-bond donors (Lipinski definition) is 2. The van der Waals surface area contributed by atoms with Crippen molar-refractivity contribution < 1.29 is 0 Å². The number of rotatable bonds is 7. The van der Waals surface area contributed by atoms with Crippen molar-refractivity contribution in [2.24, 2.45) is 12.9 Å². The van der Waals surface area contributed by atoms with Crippen LogP contribution in [0.3, 0.4) is 0 Å². The summed E-state index contributed by atoms with van der Waals surface area (Å²) in [5.41, 5.74) is 4.16. The van der Waals surface area contributed by atoms with Gasteiger partial charge in [0.2, 0.25) is 0 Å². The van der Waals surface area contributed by atoms with Crippen LogP contribution < -0.4 is 11.3 Å². The van der Waals surface area contributed by atoms with E-state index in [2.05, 4.69) is 30.6 Å². The zero-order valence-corrected chi connectivity index (χ0v) is 11.1. The van der Waals surface area contributed by atoms with Crippen molar-refractivity contribution in [1.29, 1.82) is 0 Å². The summed E-state index contributed by atoms with van der Waals surface area (Å²) in [5.74, 6) is 6.61. The van der Waals surface area contributed by atoms with Crippen molar-refractivity contribution in [3.63, 3.8) is 0 Å². The number of nitrogens with zero attached hydrogens (tertiary/aromatic N) is 2. The average Bonchev–Trinajstić information content (AvgIpc) is 2.64. The fraction of sp³-hybridized carbons (Fsp3) is 0.727. The van der Waals surface area contributed by atoms with Crippen molar-refractivity contribution >= 4 is 11.8 Å². The van der Waals surface area contributed by atoms with E-state index in [1.807, 2.05) is 29.7 Å². The molecule has 1 unspecified atom stereocenters. The number of nitrogens with two attached hydrogens (primary N) is 1. The third-order valence-corrected chi connectivity index (χ3v) is 3.67. The molecule has 92 valence electrons. The summed E-state index contributed by atoms with van der Waals surface area (Å²) in [4.78, 5) is 0. The molecule has 0 aliphatic rings. The minimum Gasteiger partial charge on any atom is -0.276 e. The van der Waals surface area contributed by atoms with Crippen molar-refractivity contribution in [3.8, 4) is 0 Å². The van der Waals surface area contributed by atoms with E-state index in [1.165, 1.54) is 5.56 Å². The Kier molecular flexibility index (Phi) is 5.87. The smallest absolute Gasteiger partial charge is 0.0521 e. The van der Waals surface area contributed by atoms with Crippen molar-refractivity contribution in [3.05, 3.63) is 18.0 Å². The molecule has 3 N–H and O–H groups in total. The number of hydrogen-bond acceptors (Lipinski definition) is 4. The van der Waals surface area contributed by atoms with Gasteiger partial charge in [-0.25, -0.2) is 0 Å².